The number of ether oxygens (including phenoxy) is 1. The summed E-state index contributed by atoms with van der Waals surface area (Å²) in [5, 5.41) is 14.6. The van der Waals surface area contributed by atoms with Gasteiger partial charge in [0.05, 0.1) is 15.9 Å². The van der Waals surface area contributed by atoms with Crippen LogP contribution in [0.4, 0.5) is 21.5 Å². The number of hydrogen-bond donors (Lipinski definition) is 1. The number of nitro benzene ring substituents is 1. The quantitative estimate of drug-likeness (QED) is 0.496. The van der Waals surface area contributed by atoms with Gasteiger partial charge in [-0.05, 0) is 49.2 Å². The lowest BCUT2D eigenvalue weighted by molar-refractivity contribution is -0.383. The molecule has 0 unspecified atom stereocenters. The molecule has 4 rings (SSSR count). The van der Waals surface area contributed by atoms with Crippen LogP contribution in [-0.2, 0) is 14.8 Å². The molecule has 0 aromatic heterocycles. The molecule has 11 heteroatoms. The smallest absolute Gasteiger partial charge is 0.292 e. The van der Waals surface area contributed by atoms with E-state index >= 15 is 0 Å². The minimum Gasteiger partial charge on any atom is -0.377 e. The summed E-state index contributed by atoms with van der Waals surface area (Å²) in [4.78, 5) is 13.1. The molecule has 9 nitrogen and oxygen atoms in total. The standard InChI is InChI=1S/C21H25FN4O5S/c22-16-3-6-19(7-4-16)32(29,30)25-11-9-24(10-12-25)17-5-8-21(26(27)28)20(14-17)23-15-18-2-1-13-31-18/h3-8,14,18,23H,1-2,9-13,15H2/t18-/m1/s1. The van der Waals surface area contributed by atoms with Crippen LogP contribution in [0.2, 0.25) is 0 Å². The Hall–Kier alpha value is -2.76. The van der Waals surface area contributed by atoms with Gasteiger partial charge in [-0.25, -0.2) is 12.8 Å². The molecule has 1 atom stereocenters. The van der Waals surface area contributed by atoms with Crippen molar-refractivity contribution in [3.05, 3.63) is 58.4 Å². The number of nitro groups is 1. The number of nitrogens with zero attached hydrogens (tertiary/aromatic N) is 3. The van der Waals surface area contributed by atoms with Crippen LogP contribution in [0.15, 0.2) is 47.4 Å². The normalized spacial score (nSPS) is 19.8. The summed E-state index contributed by atoms with van der Waals surface area (Å²) < 4.78 is 45.7. The Labute approximate surface area is 186 Å². The lowest BCUT2D eigenvalue weighted by Gasteiger charge is -2.35. The summed E-state index contributed by atoms with van der Waals surface area (Å²) in [6, 6.07) is 9.67. The second kappa shape index (κ2) is 9.39. The molecule has 172 valence electrons. The number of anilines is 2. The van der Waals surface area contributed by atoms with Crippen LogP contribution < -0.4 is 10.2 Å². The van der Waals surface area contributed by atoms with Crippen molar-refractivity contribution in [2.24, 2.45) is 0 Å². The second-order valence-corrected chi connectivity index (χ2v) is 9.76. The average molecular weight is 465 g/mol. The van der Waals surface area contributed by atoms with Crippen LogP contribution in [-0.4, -0.2) is 63.1 Å². The van der Waals surface area contributed by atoms with Gasteiger partial charge >= 0.3 is 0 Å². The van der Waals surface area contributed by atoms with Gasteiger partial charge in [0.15, 0.2) is 0 Å². The Morgan fingerprint density at radius 3 is 2.47 bits per heavy atom. The highest BCUT2D eigenvalue weighted by Crippen LogP contribution is 2.31. The molecule has 32 heavy (non-hydrogen) atoms. The number of halogens is 1. The molecule has 0 radical (unpaired) electrons. The van der Waals surface area contributed by atoms with Gasteiger partial charge in [-0.15, -0.1) is 0 Å². The molecule has 0 spiro atoms. The maximum Gasteiger partial charge on any atom is 0.292 e. The Bertz CT molecular complexity index is 1070. The highest BCUT2D eigenvalue weighted by Gasteiger charge is 2.29. The zero-order valence-corrected chi connectivity index (χ0v) is 18.3. The summed E-state index contributed by atoms with van der Waals surface area (Å²) in [6.07, 6.45) is 1.95. The fourth-order valence-corrected chi connectivity index (χ4v) is 5.42. The summed E-state index contributed by atoms with van der Waals surface area (Å²) in [7, 11) is -3.70. The van der Waals surface area contributed by atoms with E-state index in [2.05, 4.69) is 5.32 Å². The molecule has 1 N–H and O–H groups in total. The van der Waals surface area contributed by atoms with Crippen molar-refractivity contribution in [3.8, 4) is 0 Å². The van der Waals surface area contributed by atoms with E-state index in [0.717, 1.165) is 30.7 Å². The van der Waals surface area contributed by atoms with E-state index in [0.29, 0.717) is 31.9 Å². The van der Waals surface area contributed by atoms with Crippen molar-refractivity contribution in [2.75, 3.05) is 49.5 Å². The molecule has 0 saturated carbocycles. The van der Waals surface area contributed by atoms with Crippen LogP contribution in [0.25, 0.3) is 0 Å². The molecule has 2 aliphatic rings. The first-order chi connectivity index (χ1) is 15.3. The number of benzene rings is 2. The van der Waals surface area contributed by atoms with Crippen molar-refractivity contribution in [3.63, 3.8) is 0 Å². The summed E-state index contributed by atoms with van der Waals surface area (Å²) in [6.45, 7) is 2.59. The Morgan fingerprint density at radius 2 is 1.84 bits per heavy atom. The van der Waals surface area contributed by atoms with Crippen LogP contribution in [0.5, 0.6) is 0 Å². The third-order valence-electron chi connectivity index (χ3n) is 5.78. The van der Waals surface area contributed by atoms with Crippen molar-refractivity contribution in [1.82, 2.24) is 4.31 Å². The molecule has 2 aliphatic heterocycles. The van der Waals surface area contributed by atoms with Gasteiger partial charge in [0, 0.05) is 51.1 Å². The van der Waals surface area contributed by atoms with Crippen LogP contribution in [0, 0.1) is 15.9 Å². The van der Waals surface area contributed by atoms with Crippen molar-refractivity contribution in [1.29, 1.82) is 0 Å². The number of piperazine rings is 1. The van der Waals surface area contributed by atoms with Crippen LogP contribution in [0.1, 0.15) is 12.8 Å². The maximum absolute atomic E-state index is 13.1. The van der Waals surface area contributed by atoms with Gasteiger partial charge in [-0.3, -0.25) is 10.1 Å². The van der Waals surface area contributed by atoms with E-state index in [1.807, 2.05) is 4.90 Å². The minimum absolute atomic E-state index is 0.00993. The van der Waals surface area contributed by atoms with Crippen molar-refractivity contribution < 1.29 is 22.5 Å². The second-order valence-electron chi connectivity index (χ2n) is 7.82. The SMILES string of the molecule is O=[N+]([O-])c1ccc(N2CCN(S(=O)(=O)c3ccc(F)cc3)CC2)cc1NC[C@H]1CCCO1. The monoisotopic (exact) mass is 464 g/mol. The van der Waals surface area contributed by atoms with E-state index in [4.69, 9.17) is 4.74 Å². The molecule has 2 aromatic rings. The number of sulfonamides is 1. The Balaban J connectivity index is 1.45. The molecule has 2 saturated heterocycles. The molecule has 0 amide bonds. The third kappa shape index (κ3) is 4.84. The molecular formula is C21H25FN4O5S. The van der Waals surface area contributed by atoms with Gasteiger partial charge in [0.2, 0.25) is 10.0 Å². The highest BCUT2D eigenvalue weighted by atomic mass is 32.2. The summed E-state index contributed by atoms with van der Waals surface area (Å²) >= 11 is 0. The van der Waals surface area contributed by atoms with Crippen molar-refractivity contribution >= 4 is 27.1 Å². The first kappa shape index (κ1) is 22.4. The first-order valence-corrected chi connectivity index (χ1v) is 11.9. The van der Waals surface area contributed by atoms with Gasteiger partial charge in [-0.1, -0.05) is 0 Å². The number of nitrogens with one attached hydrogen (secondary N) is 1. The van der Waals surface area contributed by atoms with Gasteiger partial charge in [0.1, 0.15) is 11.5 Å². The lowest BCUT2D eigenvalue weighted by Crippen LogP contribution is -2.48. The summed E-state index contributed by atoms with van der Waals surface area (Å²) in [5.41, 5.74) is 1.19. The van der Waals surface area contributed by atoms with Crippen LogP contribution in [0.3, 0.4) is 0 Å². The topological polar surface area (TPSA) is 105 Å². The molecule has 2 heterocycles. The van der Waals surface area contributed by atoms with Gasteiger partial charge < -0.3 is 15.0 Å². The number of hydrogen-bond acceptors (Lipinski definition) is 7. The fraction of sp³-hybridized carbons (Fsp3) is 0.429. The first-order valence-electron chi connectivity index (χ1n) is 10.5. The number of rotatable bonds is 7. The fourth-order valence-electron chi connectivity index (χ4n) is 3.99. The largest absolute Gasteiger partial charge is 0.377 e. The Morgan fingerprint density at radius 1 is 1.12 bits per heavy atom. The predicted molar refractivity (Wildman–Crippen MR) is 118 cm³/mol. The van der Waals surface area contributed by atoms with Gasteiger partial charge in [0.25, 0.3) is 5.69 Å². The van der Waals surface area contributed by atoms with Gasteiger partial charge in [-0.2, -0.15) is 4.31 Å². The van der Waals surface area contributed by atoms with E-state index < -0.39 is 20.8 Å². The third-order valence-corrected chi connectivity index (χ3v) is 7.69. The average Bonchev–Trinajstić information content (AvgIpc) is 3.31. The maximum atomic E-state index is 13.1. The van der Waals surface area contributed by atoms with Crippen molar-refractivity contribution in [2.45, 2.75) is 23.8 Å². The molecule has 2 aromatic carbocycles. The van der Waals surface area contributed by atoms with E-state index in [1.165, 1.54) is 22.5 Å². The molecule has 0 aliphatic carbocycles. The van der Waals surface area contributed by atoms with E-state index in [1.54, 1.807) is 12.1 Å². The summed E-state index contributed by atoms with van der Waals surface area (Å²) in [5.74, 6) is -0.490. The zero-order chi connectivity index (χ0) is 22.7. The lowest BCUT2D eigenvalue weighted by atomic mass is 10.2. The minimum atomic E-state index is -3.70. The molecular weight excluding hydrogens is 439 g/mol. The molecule has 0 bridgehead atoms. The predicted octanol–water partition coefficient (Wildman–Crippen LogP) is 2.84. The Kier molecular flexibility index (Phi) is 6.58. The van der Waals surface area contributed by atoms with Crippen LogP contribution >= 0.6 is 0 Å². The van der Waals surface area contributed by atoms with E-state index in [-0.39, 0.29) is 29.8 Å². The highest BCUT2D eigenvalue weighted by molar-refractivity contribution is 7.89. The molecule has 2 fully saturated rings. The van der Waals surface area contributed by atoms with E-state index in [9.17, 15) is 22.9 Å². The zero-order valence-electron chi connectivity index (χ0n) is 17.4.